The summed E-state index contributed by atoms with van der Waals surface area (Å²) in [6, 6.07) is 10.9. The summed E-state index contributed by atoms with van der Waals surface area (Å²) in [6.45, 7) is 3.91. The number of aryl methyl sites for hydroxylation is 2. The molecule has 2 aromatic carbocycles. The van der Waals surface area contributed by atoms with Crippen molar-refractivity contribution >= 4 is 5.78 Å². The molecule has 0 amide bonds. The van der Waals surface area contributed by atoms with Crippen molar-refractivity contribution < 1.29 is 13.9 Å². The fourth-order valence-corrected chi connectivity index (χ4v) is 2.93. The normalized spacial score (nSPS) is 17.0. The van der Waals surface area contributed by atoms with E-state index in [9.17, 15) is 9.18 Å². The van der Waals surface area contributed by atoms with Gasteiger partial charge in [0.05, 0.1) is 18.1 Å². The molecule has 2 aromatic rings. The van der Waals surface area contributed by atoms with Gasteiger partial charge in [0.25, 0.3) is 0 Å². The minimum atomic E-state index is -0.434. The second-order valence-electron chi connectivity index (χ2n) is 5.62. The van der Waals surface area contributed by atoms with Crippen molar-refractivity contribution in [3.05, 3.63) is 64.5 Å². The summed E-state index contributed by atoms with van der Waals surface area (Å²) in [5, 5.41) is 0. The number of Topliss-reactive ketones (excluding diaryl/α,β-unsaturated/α-hetero) is 1. The Morgan fingerprint density at radius 1 is 1.24 bits per heavy atom. The lowest BCUT2D eigenvalue weighted by Crippen LogP contribution is -2.29. The first-order chi connectivity index (χ1) is 10.1. The lowest BCUT2D eigenvalue weighted by atomic mass is 9.87. The van der Waals surface area contributed by atoms with Gasteiger partial charge in [0.15, 0.2) is 5.78 Å². The summed E-state index contributed by atoms with van der Waals surface area (Å²) in [4.78, 5) is 12.6. The average Bonchev–Trinajstić information content (AvgIpc) is 2.45. The molecule has 3 heteroatoms. The molecular formula is C18H17FO2. The van der Waals surface area contributed by atoms with Crippen LogP contribution < -0.4 is 4.74 Å². The minimum Gasteiger partial charge on any atom is -0.493 e. The number of ether oxygens (including phenoxy) is 1. The summed E-state index contributed by atoms with van der Waals surface area (Å²) in [7, 11) is 0. The lowest BCUT2D eigenvalue weighted by molar-refractivity contribution is 0.0850. The first-order valence-corrected chi connectivity index (χ1v) is 7.08. The quantitative estimate of drug-likeness (QED) is 0.782. The highest BCUT2D eigenvalue weighted by molar-refractivity contribution is 5.99. The van der Waals surface area contributed by atoms with Gasteiger partial charge in [0.1, 0.15) is 11.6 Å². The highest BCUT2D eigenvalue weighted by Gasteiger charge is 2.29. The summed E-state index contributed by atoms with van der Waals surface area (Å²) in [6.07, 6.45) is 0.599. The Morgan fingerprint density at radius 2 is 2.00 bits per heavy atom. The Bertz CT molecular complexity index is 683. The van der Waals surface area contributed by atoms with Gasteiger partial charge < -0.3 is 4.74 Å². The average molecular weight is 284 g/mol. The molecule has 21 heavy (non-hydrogen) atoms. The fourth-order valence-electron chi connectivity index (χ4n) is 2.93. The third-order valence-corrected chi connectivity index (χ3v) is 3.93. The van der Waals surface area contributed by atoms with Gasteiger partial charge in [-0.05, 0) is 49.1 Å². The molecule has 0 aromatic heterocycles. The molecule has 3 rings (SSSR count). The van der Waals surface area contributed by atoms with Crippen molar-refractivity contribution in [2.45, 2.75) is 20.3 Å². The van der Waals surface area contributed by atoms with E-state index in [1.165, 1.54) is 6.07 Å². The molecule has 0 spiro atoms. The van der Waals surface area contributed by atoms with Crippen LogP contribution in [0.25, 0.3) is 0 Å². The van der Waals surface area contributed by atoms with Crippen molar-refractivity contribution in [1.29, 1.82) is 0 Å². The number of para-hydroxylation sites is 1. The predicted octanol–water partition coefficient (Wildman–Crippen LogP) is 3.88. The van der Waals surface area contributed by atoms with Crippen LogP contribution in [0.5, 0.6) is 5.75 Å². The van der Waals surface area contributed by atoms with Crippen molar-refractivity contribution in [1.82, 2.24) is 0 Å². The van der Waals surface area contributed by atoms with Crippen molar-refractivity contribution in [3.8, 4) is 5.75 Å². The second kappa shape index (κ2) is 5.32. The van der Waals surface area contributed by atoms with Crippen molar-refractivity contribution in [3.63, 3.8) is 0 Å². The Labute approximate surface area is 123 Å². The fraction of sp³-hybridized carbons (Fsp3) is 0.278. The standard InChI is InChI=1S/C18H17FO2/c1-11-7-12(2)17(15(19)8-11)18(20)14-9-13-5-3-4-6-16(13)21-10-14/h3-8,14H,9-10H2,1-2H3. The monoisotopic (exact) mass is 284 g/mol. The van der Waals surface area contributed by atoms with E-state index >= 15 is 0 Å². The first kappa shape index (κ1) is 13.8. The summed E-state index contributed by atoms with van der Waals surface area (Å²) < 4.78 is 19.8. The Morgan fingerprint density at radius 3 is 2.76 bits per heavy atom. The topological polar surface area (TPSA) is 26.3 Å². The second-order valence-corrected chi connectivity index (χ2v) is 5.62. The maximum atomic E-state index is 14.2. The van der Waals surface area contributed by atoms with Crippen LogP contribution in [0.4, 0.5) is 4.39 Å². The number of ketones is 1. The van der Waals surface area contributed by atoms with Crippen LogP contribution in [-0.4, -0.2) is 12.4 Å². The molecule has 0 saturated heterocycles. The van der Waals surface area contributed by atoms with Crippen molar-refractivity contribution in [2.75, 3.05) is 6.61 Å². The molecule has 0 bridgehead atoms. The minimum absolute atomic E-state index is 0.167. The van der Waals surface area contributed by atoms with Crippen LogP contribution in [0.15, 0.2) is 36.4 Å². The van der Waals surface area contributed by atoms with E-state index in [4.69, 9.17) is 4.74 Å². The number of benzene rings is 2. The molecular weight excluding hydrogens is 267 g/mol. The van der Waals surface area contributed by atoms with E-state index in [-0.39, 0.29) is 17.3 Å². The number of carbonyl (C=O) groups is 1. The maximum Gasteiger partial charge on any atom is 0.172 e. The number of carbonyl (C=O) groups excluding carboxylic acids is 1. The Balaban J connectivity index is 1.91. The van der Waals surface area contributed by atoms with Crippen LogP contribution in [-0.2, 0) is 6.42 Å². The van der Waals surface area contributed by atoms with Gasteiger partial charge in [0, 0.05) is 0 Å². The SMILES string of the molecule is Cc1cc(C)c(C(=O)C2COc3ccccc3C2)c(F)c1. The molecule has 0 aliphatic carbocycles. The van der Waals surface area contributed by atoms with E-state index in [2.05, 4.69) is 0 Å². The van der Waals surface area contributed by atoms with E-state index < -0.39 is 5.82 Å². The molecule has 1 heterocycles. The van der Waals surface area contributed by atoms with Crippen LogP contribution in [0, 0.1) is 25.6 Å². The van der Waals surface area contributed by atoms with E-state index in [1.54, 1.807) is 6.92 Å². The Kier molecular flexibility index (Phi) is 3.50. The van der Waals surface area contributed by atoms with Gasteiger partial charge in [-0.3, -0.25) is 4.79 Å². The Hall–Kier alpha value is -2.16. The molecule has 1 atom stereocenters. The number of hydrogen-bond acceptors (Lipinski definition) is 2. The van der Waals surface area contributed by atoms with Gasteiger partial charge in [0.2, 0.25) is 0 Å². The molecule has 108 valence electrons. The molecule has 0 saturated carbocycles. The highest BCUT2D eigenvalue weighted by Crippen LogP contribution is 2.30. The molecule has 0 fully saturated rings. The van der Waals surface area contributed by atoms with E-state index in [0.29, 0.717) is 18.6 Å². The first-order valence-electron chi connectivity index (χ1n) is 7.08. The van der Waals surface area contributed by atoms with Crippen molar-refractivity contribution in [2.24, 2.45) is 5.92 Å². The number of fused-ring (bicyclic) bond motifs is 1. The summed E-state index contributed by atoms with van der Waals surface area (Å²) in [5.41, 5.74) is 2.73. The number of rotatable bonds is 2. The maximum absolute atomic E-state index is 14.2. The zero-order valence-corrected chi connectivity index (χ0v) is 12.2. The zero-order chi connectivity index (χ0) is 15.0. The van der Waals surface area contributed by atoms with Crippen LogP contribution in [0.1, 0.15) is 27.0 Å². The lowest BCUT2D eigenvalue weighted by Gasteiger charge is -2.25. The van der Waals surface area contributed by atoms with E-state index in [1.807, 2.05) is 37.3 Å². The number of halogens is 1. The molecule has 1 aliphatic heterocycles. The molecule has 0 N–H and O–H groups in total. The third kappa shape index (κ3) is 2.56. The predicted molar refractivity (Wildman–Crippen MR) is 79.3 cm³/mol. The van der Waals surface area contributed by atoms with Crippen LogP contribution >= 0.6 is 0 Å². The molecule has 2 nitrogen and oxygen atoms in total. The molecule has 1 unspecified atom stereocenters. The largest absolute Gasteiger partial charge is 0.493 e. The van der Waals surface area contributed by atoms with Gasteiger partial charge in [-0.1, -0.05) is 24.3 Å². The third-order valence-electron chi connectivity index (χ3n) is 3.93. The van der Waals surface area contributed by atoms with Crippen LogP contribution in [0.3, 0.4) is 0 Å². The highest BCUT2D eigenvalue weighted by atomic mass is 19.1. The van der Waals surface area contributed by atoms with Gasteiger partial charge in [-0.15, -0.1) is 0 Å². The van der Waals surface area contributed by atoms with Crippen LogP contribution in [0.2, 0.25) is 0 Å². The molecule has 0 radical (unpaired) electrons. The van der Waals surface area contributed by atoms with E-state index in [0.717, 1.165) is 16.9 Å². The van der Waals surface area contributed by atoms with Gasteiger partial charge in [-0.25, -0.2) is 4.39 Å². The van der Waals surface area contributed by atoms with Gasteiger partial charge in [-0.2, -0.15) is 0 Å². The van der Waals surface area contributed by atoms with Gasteiger partial charge >= 0.3 is 0 Å². The number of hydrogen-bond donors (Lipinski definition) is 0. The summed E-state index contributed by atoms with van der Waals surface area (Å²) in [5.74, 6) is -0.102. The molecule has 1 aliphatic rings. The summed E-state index contributed by atoms with van der Waals surface area (Å²) >= 11 is 0. The zero-order valence-electron chi connectivity index (χ0n) is 12.2. The smallest absolute Gasteiger partial charge is 0.172 e.